The number of pyridine rings is 2. The van der Waals surface area contributed by atoms with Crippen molar-refractivity contribution in [1.29, 1.82) is 0 Å². The summed E-state index contributed by atoms with van der Waals surface area (Å²) in [5, 5.41) is 14.8. The number of hydrogen-bond acceptors (Lipinski definition) is 10. The number of urea groups is 1. The van der Waals surface area contributed by atoms with Gasteiger partial charge in [0, 0.05) is 35.4 Å². The van der Waals surface area contributed by atoms with Crippen molar-refractivity contribution in [3.63, 3.8) is 0 Å². The SMILES string of the molecule is CCNC(=O)Nc1cc(-c2nc(C(F)(F)F)cs2)c(-c2ccnc(-c3nnc([C@@H](CC(=O)OC(C)(C)C)C4CCCCC4)o3)c2)cn1. The Bertz CT molecular complexity index is 1710. The number of nitrogens with zero attached hydrogens (tertiary/aromatic N) is 5. The van der Waals surface area contributed by atoms with Gasteiger partial charge in [0.2, 0.25) is 5.89 Å². The van der Waals surface area contributed by atoms with Crippen LogP contribution in [0.25, 0.3) is 33.3 Å². The number of aromatic nitrogens is 5. The van der Waals surface area contributed by atoms with E-state index in [4.69, 9.17) is 9.15 Å². The molecule has 0 saturated heterocycles. The molecule has 0 unspecified atom stereocenters. The van der Waals surface area contributed by atoms with Crippen LogP contribution >= 0.6 is 11.3 Å². The zero-order valence-electron chi connectivity index (χ0n) is 26.5. The third-order valence-electron chi connectivity index (χ3n) is 7.58. The highest BCUT2D eigenvalue weighted by Crippen LogP contribution is 2.41. The normalized spacial score (nSPS) is 14.9. The van der Waals surface area contributed by atoms with Gasteiger partial charge in [-0.3, -0.25) is 15.1 Å². The molecular weight excluding hydrogens is 635 g/mol. The largest absolute Gasteiger partial charge is 0.460 e. The topological polar surface area (TPSA) is 145 Å². The first kappa shape index (κ1) is 33.9. The number of anilines is 1. The Morgan fingerprint density at radius 3 is 2.53 bits per heavy atom. The fraction of sp³-hybridized carbons (Fsp3) is 0.469. The van der Waals surface area contributed by atoms with E-state index in [2.05, 4.69) is 35.8 Å². The Kier molecular flexibility index (Phi) is 10.2. The molecule has 11 nitrogen and oxygen atoms in total. The van der Waals surface area contributed by atoms with Crippen LogP contribution in [-0.2, 0) is 15.7 Å². The van der Waals surface area contributed by atoms with Crippen molar-refractivity contribution in [1.82, 2.24) is 30.5 Å². The second-order valence-corrected chi connectivity index (χ2v) is 13.2. The smallest absolute Gasteiger partial charge is 0.434 e. The first-order valence-corrected chi connectivity index (χ1v) is 16.3. The number of halogens is 3. The maximum absolute atomic E-state index is 13.4. The van der Waals surface area contributed by atoms with Gasteiger partial charge < -0.3 is 14.5 Å². The molecule has 0 aromatic carbocycles. The lowest BCUT2D eigenvalue weighted by molar-refractivity contribution is -0.155. The summed E-state index contributed by atoms with van der Waals surface area (Å²) < 4.78 is 52.1. The maximum Gasteiger partial charge on any atom is 0.434 e. The lowest BCUT2D eigenvalue weighted by atomic mass is 9.78. The van der Waals surface area contributed by atoms with Crippen molar-refractivity contribution in [2.24, 2.45) is 5.92 Å². The third-order valence-corrected chi connectivity index (χ3v) is 8.46. The lowest BCUT2D eigenvalue weighted by Gasteiger charge is -2.28. The summed E-state index contributed by atoms with van der Waals surface area (Å²) in [4.78, 5) is 37.6. The molecule has 15 heteroatoms. The van der Waals surface area contributed by atoms with E-state index in [1.807, 2.05) is 20.8 Å². The number of alkyl halides is 3. The van der Waals surface area contributed by atoms with E-state index in [1.54, 1.807) is 19.1 Å². The van der Waals surface area contributed by atoms with Gasteiger partial charge >= 0.3 is 18.2 Å². The van der Waals surface area contributed by atoms with Gasteiger partial charge in [0.05, 0.1) is 12.3 Å². The molecule has 1 saturated carbocycles. The summed E-state index contributed by atoms with van der Waals surface area (Å²) in [5.41, 5.74) is -0.00995. The highest BCUT2D eigenvalue weighted by molar-refractivity contribution is 7.13. The Labute approximate surface area is 273 Å². The first-order valence-electron chi connectivity index (χ1n) is 15.4. The van der Waals surface area contributed by atoms with Crippen LogP contribution in [0.3, 0.4) is 0 Å². The molecule has 0 spiro atoms. The fourth-order valence-corrected chi connectivity index (χ4v) is 6.39. The number of rotatable bonds is 9. The first-order chi connectivity index (χ1) is 22.3. The summed E-state index contributed by atoms with van der Waals surface area (Å²) in [6, 6.07) is 4.30. The number of carbonyl (C=O) groups is 2. The molecule has 47 heavy (non-hydrogen) atoms. The summed E-state index contributed by atoms with van der Waals surface area (Å²) in [7, 11) is 0. The van der Waals surface area contributed by atoms with E-state index < -0.39 is 23.5 Å². The molecule has 1 aliphatic rings. The van der Waals surface area contributed by atoms with Crippen molar-refractivity contribution >= 4 is 29.2 Å². The Morgan fingerprint density at radius 2 is 1.85 bits per heavy atom. The molecule has 4 aromatic rings. The monoisotopic (exact) mass is 671 g/mol. The van der Waals surface area contributed by atoms with Crippen LogP contribution < -0.4 is 10.6 Å². The Balaban J connectivity index is 1.49. The fourth-order valence-electron chi connectivity index (χ4n) is 5.54. The average Bonchev–Trinajstić information content (AvgIpc) is 3.71. The van der Waals surface area contributed by atoms with Crippen LogP contribution in [0.15, 0.2) is 40.4 Å². The van der Waals surface area contributed by atoms with E-state index in [0.717, 1.165) is 48.8 Å². The maximum atomic E-state index is 13.4. The molecule has 4 aromatic heterocycles. The van der Waals surface area contributed by atoms with Gasteiger partial charge in [-0.15, -0.1) is 21.5 Å². The Hall–Kier alpha value is -4.40. The van der Waals surface area contributed by atoms with Crippen LogP contribution in [0.4, 0.5) is 23.8 Å². The molecule has 1 atom stereocenters. The number of ether oxygens (including phenoxy) is 1. The predicted molar refractivity (Wildman–Crippen MR) is 169 cm³/mol. The molecular formula is C32H36F3N7O4S. The molecule has 2 N–H and O–H groups in total. The molecule has 1 fully saturated rings. The standard InChI is InChI=1S/C32H36F3N7O4S/c1-5-36-30(44)40-25-14-21(29-39-24(17-47-29)32(33,34)35)22(16-38-25)19-11-12-37-23(13-19)28-42-41-27(45-28)20(18-9-7-6-8-10-18)15-26(43)46-31(2,3)4/h11-14,16-18,20H,5-10,15H2,1-4H3,(H2,36,38,40,44)/t20-/m0/s1. The molecule has 0 bridgehead atoms. The van der Waals surface area contributed by atoms with E-state index in [0.29, 0.717) is 34.8 Å². The molecule has 250 valence electrons. The minimum atomic E-state index is -4.62. The summed E-state index contributed by atoms with van der Waals surface area (Å²) in [6.45, 7) is 7.59. The van der Waals surface area contributed by atoms with E-state index in [9.17, 15) is 22.8 Å². The average molecular weight is 672 g/mol. The predicted octanol–water partition coefficient (Wildman–Crippen LogP) is 7.87. The van der Waals surface area contributed by atoms with E-state index in [-0.39, 0.29) is 40.9 Å². The summed E-state index contributed by atoms with van der Waals surface area (Å²) >= 11 is 0.823. The van der Waals surface area contributed by atoms with Crippen molar-refractivity contribution < 1.29 is 31.9 Å². The van der Waals surface area contributed by atoms with Gasteiger partial charge in [0.15, 0.2) is 5.69 Å². The van der Waals surface area contributed by atoms with Crippen molar-refractivity contribution in [3.8, 4) is 33.3 Å². The minimum Gasteiger partial charge on any atom is -0.460 e. The van der Waals surface area contributed by atoms with Crippen molar-refractivity contribution in [2.45, 2.75) is 83.9 Å². The zero-order chi connectivity index (χ0) is 33.8. The van der Waals surface area contributed by atoms with Gasteiger partial charge in [-0.05, 0) is 70.2 Å². The lowest BCUT2D eigenvalue weighted by Crippen LogP contribution is -2.28. The molecule has 0 radical (unpaired) electrons. The van der Waals surface area contributed by atoms with Gasteiger partial charge in [-0.1, -0.05) is 19.3 Å². The van der Waals surface area contributed by atoms with Gasteiger partial charge in [0.25, 0.3) is 5.89 Å². The van der Waals surface area contributed by atoms with Crippen molar-refractivity contribution in [3.05, 3.63) is 47.6 Å². The molecule has 1 aliphatic carbocycles. The zero-order valence-corrected chi connectivity index (χ0v) is 27.3. The van der Waals surface area contributed by atoms with Crippen LogP contribution in [-0.4, -0.2) is 49.3 Å². The van der Waals surface area contributed by atoms with Crippen LogP contribution in [0.2, 0.25) is 0 Å². The van der Waals surface area contributed by atoms with Gasteiger partial charge in [-0.25, -0.2) is 14.8 Å². The quantitative estimate of drug-likeness (QED) is 0.170. The number of amides is 2. The van der Waals surface area contributed by atoms with Crippen molar-refractivity contribution in [2.75, 3.05) is 11.9 Å². The number of carbonyl (C=O) groups excluding carboxylic acids is 2. The minimum absolute atomic E-state index is 0.0876. The molecule has 2 amide bonds. The third kappa shape index (κ3) is 8.70. The van der Waals surface area contributed by atoms with Crippen LogP contribution in [0, 0.1) is 5.92 Å². The number of thiazole rings is 1. The highest BCUT2D eigenvalue weighted by atomic mass is 32.1. The van der Waals surface area contributed by atoms with Crippen LogP contribution in [0.1, 0.15) is 83.7 Å². The van der Waals surface area contributed by atoms with Gasteiger partial charge in [0.1, 0.15) is 22.1 Å². The van der Waals surface area contributed by atoms with Gasteiger partial charge in [-0.2, -0.15) is 13.2 Å². The van der Waals surface area contributed by atoms with Crippen LogP contribution in [0.5, 0.6) is 0 Å². The summed E-state index contributed by atoms with van der Waals surface area (Å²) in [6.07, 6.45) is 3.57. The molecule has 4 heterocycles. The second kappa shape index (κ2) is 14.2. The number of hydrogen-bond donors (Lipinski definition) is 2. The number of nitrogens with one attached hydrogen (secondary N) is 2. The molecule has 0 aliphatic heterocycles. The van der Waals surface area contributed by atoms with E-state index in [1.165, 1.54) is 18.5 Å². The highest BCUT2D eigenvalue weighted by Gasteiger charge is 2.35. The second-order valence-electron chi connectivity index (χ2n) is 12.3. The number of esters is 1. The Morgan fingerprint density at radius 1 is 1.09 bits per heavy atom. The van der Waals surface area contributed by atoms with E-state index >= 15 is 0 Å². The summed E-state index contributed by atoms with van der Waals surface area (Å²) in [5.74, 6) is 0.119. The molecule has 5 rings (SSSR count).